The Morgan fingerprint density at radius 2 is 1.38 bits per heavy atom. The molecule has 0 aliphatic carbocycles. The van der Waals surface area contributed by atoms with E-state index in [0.717, 1.165) is 0 Å². The molecule has 1 aromatic carbocycles. The molecule has 118 valence electrons. The Balaban J connectivity index is 2.69. The van der Waals surface area contributed by atoms with Gasteiger partial charge >= 0.3 is 0 Å². The molecule has 0 bridgehead atoms. The fraction of sp³-hybridized carbons (Fsp3) is 0.385. The molecule has 0 aromatic heterocycles. The molecule has 1 aromatic rings. The van der Waals surface area contributed by atoms with Gasteiger partial charge in [0.05, 0.1) is 12.4 Å². The van der Waals surface area contributed by atoms with Gasteiger partial charge in [0, 0.05) is 6.42 Å². The SMILES string of the molecule is C=C(CCCCCOO)Oc1c(F)c(F)c(F)c(F)c1F. The summed E-state index contributed by atoms with van der Waals surface area (Å²) in [6.45, 7) is 3.49. The third-order valence-corrected chi connectivity index (χ3v) is 2.61. The maximum atomic E-state index is 13.3. The average molecular weight is 312 g/mol. The first-order valence-electron chi connectivity index (χ1n) is 6.03. The number of ether oxygens (including phenoxy) is 1. The van der Waals surface area contributed by atoms with E-state index in [0.29, 0.717) is 19.3 Å². The summed E-state index contributed by atoms with van der Waals surface area (Å²) < 4.78 is 70.0. The summed E-state index contributed by atoms with van der Waals surface area (Å²) >= 11 is 0. The summed E-state index contributed by atoms with van der Waals surface area (Å²) in [5.74, 6) is -12.0. The van der Waals surface area contributed by atoms with Crippen molar-refractivity contribution in [2.24, 2.45) is 0 Å². The molecule has 0 heterocycles. The maximum absolute atomic E-state index is 13.3. The van der Waals surface area contributed by atoms with Gasteiger partial charge in [-0.3, -0.25) is 5.26 Å². The number of unbranched alkanes of at least 4 members (excludes halogenated alkanes) is 2. The van der Waals surface area contributed by atoms with Crippen LogP contribution in [0.4, 0.5) is 22.0 Å². The Morgan fingerprint density at radius 1 is 0.857 bits per heavy atom. The predicted octanol–water partition coefficient (Wildman–Crippen LogP) is 4.32. The van der Waals surface area contributed by atoms with E-state index in [1.165, 1.54) is 0 Å². The summed E-state index contributed by atoms with van der Waals surface area (Å²) in [6, 6.07) is 0. The van der Waals surface area contributed by atoms with Gasteiger partial charge in [-0.15, -0.1) is 0 Å². The van der Waals surface area contributed by atoms with Crippen molar-refractivity contribution in [3.63, 3.8) is 0 Å². The van der Waals surface area contributed by atoms with Crippen LogP contribution in [0.5, 0.6) is 5.75 Å². The van der Waals surface area contributed by atoms with E-state index in [1.54, 1.807) is 0 Å². The fourth-order valence-corrected chi connectivity index (χ4v) is 1.54. The highest BCUT2D eigenvalue weighted by molar-refractivity contribution is 5.31. The van der Waals surface area contributed by atoms with Crippen LogP contribution in [-0.2, 0) is 4.89 Å². The van der Waals surface area contributed by atoms with Crippen molar-refractivity contribution in [2.45, 2.75) is 25.7 Å². The third-order valence-electron chi connectivity index (χ3n) is 2.61. The minimum Gasteiger partial charge on any atom is -0.456 e. The zero-order chi connectivity index (χ0) is 16.0. The zero-order valence-electron chi connectivity index (χ0n) is 10.9. The highest BCUT2D eigenvalue weighted by Gasteiger charge is 2.27. The molecule has 0 fully saturated rings. The molecule has 0 amide bonds. The largest absolute Gasteiger partial charge is 0.456 e. The van der Waals surface area contributed by atoms with Gasteiger partial charge in [0.2, 0.25) is 34.8 Å². The number of halogens is 5. The molecule has 0 unspecified atom stereocenters. The van der Waals surface area contributed by atoms with E-state index in [1.807, 2.05) is 0 Å². The number of benzene rings is 1. The van der Waals surface area contributed by atoms with Crippen molar-refractivity contribution in [3.8, 4) is 5.75 Å². The van der Waals surface area contributed by atoms with Crippen LogP contribution in [0, 0.1) is 29.1 Å². The van der Waals surface area contributed by atoms with Crippen LogP contribution in [0.2, 0.25) is 0 Å². The number of allylic oxidation sites excluding steroid dienone is 1. The van der Waals surface area contributed by atoms with Gasteiger partial charge in [-0.05, 0) is 12.8 Å². The molecule has 0 saturated heterocycles. The lowest BCUT2D eigenvalue weighted by molar-refractivity contribution is -0.242. The minimum atomic E-state index is -2.24. The molecule has 3 nitrogen and oxygen atoms in total. The first-order chi connectivity index (χ1) is 9.90. The molecule has 1 rings (SSSR count). The lowest BCUT2D eigenvalue weighted by Crippen LogP contribution is -2.06. The Hall–Kier alpha value is -1.67. The smallest absolute Gasteiger partial charge is 0.207 e. The molecule has 0 radical (unpaired) electrons. The van der Waals surface area contributed by atoms with Crippen molar-refractivity contribution >= 4 is 0 Å². The van der Waals surface area contributed by atoms with Crippen LogP contribution in [0.3, 0.4) is 0 Å². The Labute approximate surface area is 117 Å². The first kappa shape index (κ1) is 17.4. The van der Waals surface area contributed by atoms with Crippen molar-refractivity contribution < 1.29 is 36.8 Å². The molecule has 0 aliphatic heterocycles. The summed E-state index contributed by atoms with van der Waals surface area (Å²) in [5.41, 5.74) is 0. The van der Waals surface area contributed by atoms with E-state index in [4.69, 9.17) is 5.26 Å². The second-order valence-electron chi connectivity index (χ2n) is 4.18. The van der Waals surface area contributed by atoms with E-state index >= 15 is 0 Å². The van der Waals surface area contributed by atoms with Crippen LogP contribution >= 0.6 is 0 Å². The van der Waals surface area contributed by atoms with Crippen molar-refractivity contribution in [1.82, 2.24) is 0 Å². The van der Waals surface area contributed by atoms with Gasteiger partial charge in [-0.25, -0.2) is 18.1 Å². The van der Waals surface area contributed by atoms with Crippen molar-refractivity contribution in [1.29, 1.82) is 0 Å². The third kappa shape index (κ3) is 4.40. The Bertz CT molecular complexity index is 490. The van der Waals surface area contributed by atoms with E-state index in [2.05, 4.69) is 16.2 Å². The van der Waals surface area contributed by atoms with Crippen LogP contribution < -0.4 is 4.74 Å². The zero-order valence-corrected chi connectivity index (χ0v) is 10.9. The Morgan fingerprint density at radius 3 is 1.90 bits per heavy atom. The lowest BCUT2D eigenvalue weighted by atomic mass is 10.2. The molecule has 8 heteroatoms. The van der Waals surface area contributed by atoms with Crippen molar-refractivity contribution in [2.75, 3.05) is 6.61 Å². The topological polar surface area (TPSA) is 38.7 Å². The average Bonchev–Trinajstić information content (AvgIpc) is 2.47. The summed E-state index contributed by atoms with van der Waals surface area (Å²) in [6.07, 6.45) is 1.77. The number of hydrogen-bond acceptors (Lipinski definition) is 3. The van der Waals surface area contributed by atoms with Crippen LogP contribution in [0.1, 0.15) is 25.7 Å². The van der Waals surface area contributed by atoms with Crippen molar-refractivity contribution in [3.05, 3.63) is 41.4 Å². The molecule has 0 aliphatic rings. The molecular formula is C13H13F5O3. The van der Waals surface area contributed by atoms with Crippen LogP contribution in [0.15, 0.2) is 12.3 Å². The van der Waals surface area contributed by atoms with Crippen LogP contribution in [0.25, 0.3) is 0 Å². The summed E-state index contributed by atoms with van der Waals surface area (Å²) in [5, 5.41) is 8.08. The molecule has 0 saturated carbocycles. The van der Waals surface area contributed by atoms with Gasteiger partial charge < -0.3 is 4.74 Å². The summed E-state index contributed by atoms with van der Waals surface area (Å²) in [4.78, 5) is 3.84. The van der Waals surface area contributed by atoms with Gasteiger partial charge in [-0.1, -0.05) is 13.0 Å². The fourth-order valence-electron chi connectivity index (χ4n) is 1.54. The normalized spacial score (nSPS) is 10.8. The van der Waals surface area contributed by atoms with E-state index in [-0.39, 0.29) is 18.8 Å². The second kappa shape index (κ2) is 7.94. The standard InChI is InChI=1S/C13H13F5O3/c1-7(5-3-2-4-6-20-19)21-13-11(17)9(15)8(14)10(16)12(13)18/h19H,1-6H2. The quantitative estimate of drug-likeness (QED) is 0.148. The minimum absolute atomic E-state index is 0.130. The molecular weight excluding hydrogens is 299 g/mol. The maximum Gasteiger partial charge on any atom is 0.207 e. The van der Waals surface area contributed by atoms with Gasteiger partial charge in [0.1, 0.15) is 0 Å². The highest BCUT2D eigenvalue weighted by atomic mass is 19.2. The van der Waals surface area contributed by atoms with E-state index in [9.17, 15) is 22.0 Å². The van der Waals surface area contributed by atoms with Gasteiger partial charge in [-0.2, -0.15) is 8.78 Å². The van der Waals surface area contributed by atoms with Crippen LogP contribution in [-0.4, -0.2) is 11.9 Å². The molecule has 21 heavy (non-hydrogen) atoms. The molecule has 0 atom stereocenters. The highest BCUT2D eigenvalue weighted by Crippen LogP contribution is 2.30. The Kier molecular flexibility index (Phi) is 6.57. The molecule has 1 N–H and O–H groups in total. The monoisotopic (exact) mass is 312 g/mol. The number of hydrogen-bond donors (Lipinski definition) is 1. The molecule has 0 spiro atoms. The number of rotatable bonds is 8. The van der Waals surface area contributed by atoms with Gasteiger partial charge in [0.25, 0.3) is 0 Å². The predicted molar refractivity (Wildman–Crippen MR) is 63.0 cm³/mol. The summed E-state index contributed by atoms with van der Waals surface area (Å²) in [7, 11) is 0. The first-order valence-corrected chi connectivity index (χ1v) is 6.03. The van der Waals surface area contributed by atoms with Gasteiger partial charge in [0.15, 0.2) is 0 Å². The lowest BCUT2D eigenvalue weighted by Gasteiger charge is -2.11. The van der Waals surface area contributed by atoms with E-state index < -0.39 is 34.8 Å². The second-order valence-corrected chi connectivity index (χ2v) is 4.18.